The van der Waals surface area contributed by atoms with Crippen molar-refractivity contribution in [2.45, 2.75) is 13.3 Å². The summed E-state index contributed by atoms with van der Waals surface area (Å²) in [6, 6.07) is 5.62. The Labute approximate surface area is 115 Å². The normalized spacial score (nSPS) is 12.8. The average molecular weight is 274 g/mol. The summed E-state index contributed by atoms with van der Waals surface area (Å²) in [6.45, 7) is 2.66. The summed E-state index contributed by atoms with van der Waals surface area (Å²) in [6.07, 6.45) is 0.851. The minimum absolute atomic E-state index is 0.0126. The number of aromatic nitrogens is 1. The Balaban J connectivity index is 1.95. The molecule has 1 aromatic heterocycles. The first-order valence-corrected chi connectivity index (χ1v) is 6.38. The monoisotopic (exact) mass is 274 g/mol. The van der Waals surface area contributed by atoms with Gasteiger partial charge in [-0.3, -0.25) is 0 Å². The van der Waals surface area contributed by atoms with E-state index in [-0.39, 0.29) is 18.2 Å². The van der Waals surface area contributed by atoms with Crippen LogP contribution < -0.4 is 10.5 Å². The highest BCUT2D eigenvalue weighted by Crippen LogP contribution is 2.31. The molecule has 0 aliphatic carbocycles. The van der Waals surface area contributed by atoms with E-state index in [0.717, 1.165) is 23.3 Å². The summed E-state index contributed by atoms with van der Waals surface area (Å²) in [5, 5.41) is 0. The third-order valence-electron chi connectivity index (χ3n) is 3.06. The lowest BCUT2D eigenvalue weighted by Gasteiger charge is -2.00. The zero-order chi connectivity index (χ0) is 14.1. The highest BCUT2D eigenvalue weighted by molar-refractivity contribution is 5.92. The maximum Gasteiger partial charge on any atom is 0.362 e. The molecule has 0 unspecified atom stereocenters. The first-order chi connectivity index (χ1) is 9.69. The third kappa shape index (κ3) is 2.09. The minimum Gasteiger partial charge on any atom is -0.493 e. The van der Waals surface area contributed by atoms with Crippen molar-refractivity contribution in [1.82, 2.24) is 4.98 Å². The van der Waals surface area contributed by atoms with Gasteiger partial charge in [-0.25, -0.2) is 4.79 Å². The van der Waals surface area contributed by atoms with E-state index in [4.69, 9.17) is 19.6 Å². The molecule has 0 atom stereocenters. The van der Waals surface area contributed by atoms with Gasteiger partial charge in [0.05, 0.1) is 13.2 Å². The van der Waals surface area contributed by atoms with Crippen LogP contribution in [-0.4, -0.2) is 24.2 Å². The number of ether oxygens (including phenoxy) is 2. The molecule has 2 N–H and O–H groups in total. The van der Waals surface area contributed by atoms with Gasteiger partial charge in [-0.15, -0.1) is 0 Å². The third-order valence-corrected chi connectivity index (χ3v) is 3.06. The molecular weight excluding hydrogens is 260 g/mol. The van der Waals surface area contributed by atoms with Gasteiger partial charge in [0.25, 0.3) is 0 Å². The summed E-state index contributed by atoms with van der Waals surface area (Å²) in [5.41, 5.74) is 7.54. The Kier molecular flexibility index (Phi) is 3.06. The maximum absolute atomic E-state index is 11.7. The van der Waals surface area contributed by atoms with Gasteiger partial charge in [-0.1, -0.05) is 0 Å². The van der Waals surface area contributed by atoms with E-state index in [1.54, 1.807) is 6.92 Å². The van der Waals surface area contributed by atoms with Crippen molar-refractivity contribution in [3.63, 3.8) is 0 Å². The summed E-state index contributed by atoms with van der Waals surface area (Å²) in [7, 11) is 0. The number of carbonyl (C=O) groups excluding carboxylic acids is 1. The van der Waals surface area contributed by atoms with Gasteiger partial charge in [0, 0.05) is 12.0 Å². The first-order valence-electron chi connectivity index (χ1n) is 6.38. The number of anilines is 1. The molecule has 1 aliphatic rings. The summed E-state index contributed by atoms with van der Waals surface area (Å²) in [5.74, 6) is 0.568. The van der Waals surface area contributed by atoms with E-state index in [1.165, 1.54) is 0 Å². The Hall–Kier alpha value is -2.50. The zero-order valence-corrected chi connectivity index (χ0v) is 11.0. The Bertz CT molecular complexity index is 663. The lowest BCUT2D eigenvalue weighted by atomic mass is 10.1. The number of nitrogens with zero attached hydrogens (tertiary/aromatic N) is 1. The number of fused-ring (bicyclic) bond motifs is 1. The number of hydrogen-bond acceptors (Lipinski definition) is 6. The number of nitrogen functional groups attached to an aromatic ring is 1. The van der Waals surface area contributed by atoms with Crippen LogP contribution in [-0.2, 0) is 11.2 Å². The Morgan fingerprint density at radius 1 is 1.50 bits per heavy atom. The standard InChI is InChI=1S/C14H14N2O4/c1-2-18-14(17)11-12(15)20-13(16-11)9-3-4-10-8(7-9)5-6-19-10/h3-4,7H,2,5-6,15H2,1H3. The van der Waals surface area contributed by atoms with Gasteiger partial charge in [0.15, 0.2) is 0 Å². The maximum atomic E-state index is 11.7. The van der Waals surface area contributed by atoms with Crippen molar-refractivity contribution in [3.05, 3.63) is 29.5 Å². The first kappa shape index (κ1) is 12.5. The number of nitrogens with two attached hydrogens (primary N) is 1. The number of oxazole rings is 1. The van der Waals surface area contributed by atoms with E-state index in [2.05, 4.69) is 4.98 Å². The van der Waals surface area contributed by atoms with Crippen molar-refractivity contribution in [1.29, 1.82) is 0 Å². The molecule has 0 amide bonds. The smallest absolute Gasteiger partial charge is 0.362 e. The van der Waals surface area contributed by atoms with Crippen molar-refractivity contribution in [3.8, 4) is 17.2 Å². The van der Waals surface area contributed by atoms with Crippen LogP contribution in [0.25, 0.3) is 11.5 Å². The second-order valence-electron chi connectivity index (χ2n) is 4.37. The van der Waals surface area contributed by atoms with Crippen LogP contribution in [0.1, 0.15) is 23.0 Å². The molecule has 3 rings (SSSR count). The molecule has 2 aromatic rings. The number of rotatable bonds is 3. The molecule has 1 aromatic carbocycles. The molecule has 0 radical (unpaired) electrons. The molecule has 104 valence electrons. The fraction of sp³-hybridized carbons (Fsp3) is 0.286. The zero-order valence-electron chi connectivity index (χ0n) is 11.0. The Morgan fingerprint density at radius 3 is 3.15 bits per heavy atom. The van der Waals surface area contributed by atoms with Gasteiger partial charge < -0.3 is 19.6 Å². The lowest BCUT2D eigenvalue weighted by molar-refractivity contribution is 0.0521. The molecule has 0 fully saturated rings. The fourth-order valence-electron chi connectivity index (χ4n) is 2.12. The minimum atomic E-state index is -0.579. The molecule has 0 saturated heterocycles. The predicted molar refractivity (Wildman–Crippen MR) is 71.5 cm³/mol. The number of benzene rings is 1. The summed E-state index contributed by atoms with van der Waals surface area (Å²) < 4.78 is 15.7. The Morgan fingerprint density at radius 2 is 2.35 bits per heavy atom. The molecule has 6 heteroatoms. The fourth-order valence-corrected chi connectivity index (χ4v) is 2.12. The quantitative estimate of drug-likeness (QED) is 0.862. The second-order valence-corrected chi connectivity index (χ2v) is 4.37. The number of carbonyl (C=O) groups is 1. The summed E-state index contributed by atoms with van der Waals surface area (Å²) >= 11 is 0. The van der Waals surface area contributed by atoms with Gasteiger partial charge >= 0.3 is 5.97 Å². The van der Waals surface area contributed by atoms with E-state index < -0.39 is 5.97 Å². The van der Waals surface area contributed by atoms with Crippen molar-refractivity contribution in [2.75, 3.05) is 18.9 Å². The average Bonchev–Trinajstić information content (AvgIpc) is 3.04. The van der Waals surface area contributed by atoms with Crippen LogP contribution in [0.2, 0.25) is 0 Å². The summed E-state index contributed by atoms with van der Waals surface area (Å²) in [4.78, 5) is 15.8. The SMILES string of the molecule is CCOC(=O)c1nc(-c2ccc3c(c2)CCO3)oc1N. The van der Waals surface area contributed by atoms with Crippen LogP contribution in [0, 0.1) is 0 Å². The molecule has 0 spiro atoms. The topological polar surface area (TPSA) is 87.6 Å². The van der Waals surface area contributed by atoms with Crippen LogP contribution >= 0.6 is 0 Å². The number of hydrogen-bond donors (Lipinski definition) is 1. The largest absolute Gasteiger partial charge is 0.493 e. The molecule has 0 saturated carbocycles. The highest BCUT2D eigenvalue weighted by atomic mass is 16.5. The number of esters is 1. The highest BCUT2D eigenvalue weighted by Gasteiger charge is 2.21. The molecule has 1 aliphatic heterocycles. The predicted octanol–water partition coefficient (Wildman–Crippen LogP) is 2.04. The molecule has 0 bridgehead atoms. The van der Waals surface area contributed by atoms with Crippen LogP contribution in [0.15, 0.2) is 22.6 Å². The molecular formula is C14H14N2O4. The van der Waals surface area contributed by atoms with Crippen LogP contribution in [0.3, 0.4) is 0 Å². The molecule has 2 heterocycles. The van der Waals surface area contributed by atoms with E-state index in [9.17, 15) is 4.79 Å². The van der Waals surface area contributed by atoms with E-state index in [0.29, 0.717) is 12.5 Å². The van der Waals surface area contributed by atoms with Crippen molar-refractivity contribution >= 4 is 11.9 Å². The van der Waals surface area contributed by atoms with Crippen molar-refractivity contribution in [2.24, 2.45) is 0 Å². The van der Waals surface area contributed by atoms with E-state index >= 15 is 0 Å². The van der Waals surface area contributed by atoms with Gasteiger partial charge in [0.2, 0.25) is 17.5 Å². The van der Waals surface area contributed by atoms with Gasteiger partial charge in [-0.2, -0.15) is 4.98 Å². The lowest BCUT2D eigenvalue weighted by Crippen LogP contribution is -2.07. The van der Waals surface area contributed by atoms with Crippen LogP contribution in [0.5, 0.6) is 5.75 Å². The van der Waals surface area contributed by atoms with Gasteiger partial charge in [0.1, 0.15) is 5.75 Å². The molecule has 20 heavy (non-hydrogen) atoms. The van der Waals surface area contributed by atoms with Crippen LogP contribution in [0.4, 0.5) is 5.88 Å². The molecule has 6 nitrogen and oxygen atoms in total. The van der Waals surface area contributed by atoms with Gasteiger partial charge in [-0.05, 0) is 30.7 Å². The second kappa shape index (κ2) is 4.88. The van der Waals surface area contributed by atoms with Crippen molar-refractivity contribution < 1.29 is 18.7 Å². The van der Waals surface area contributed by atoms with E-state index in [1.807, 2.05) is 18.2 Å².